The van der Waals surface area contributed by atoms with Crippen LogP contribution in [-0.2, 0) is 17.6 Å². The van der Waals surface area contributed by atoms with Gasteiger partial charge in [-0.3, -0.25) is 4.79 Å². The fraction of sp³-hybridized carbons (Fsp3) is 0.222. The summed E-state index contributed by atoms with van der Waals surface area (Å²) in [7, 11) is 0. The standard InChI is InChI=1S/C18H17N3O2/c1-11-8-13-4-2-3-5-16(13)21(11)17(22)10-12-6-7-14-15(9-12)20-18(23)19-14/h2-7,9,11H,8,10H2,1H3,(H2,19,20,23). The maximum Gasteiger partial charge on any atom is 0.323 e. The molecule has 0 radical (unpaired) electrons. The molecule has 0 aliphatic carbocycles. The van der Waals surface area contributed by atoms with Gasteiger partial charge < -0.3 is 14.9 Å². The number of carbonyl (C=O) groups is 1. The van der Waals surface area contributed by atoms with Gasteiger partial charge in [-0.15, -0.1) is 0 Å². The molecule has 2 heterocycles. The Morgan fingerprint density at radius 3 is 2.83 bits per heavy atom. The number of carbonyl (C=O) groups excluding carboxylic acids is 1. The van der Waals surface area contributed by atoms with E-state index in [9.17, 15) is 9.59 Å². The number of nitrogens with zero attached hydrogens (tertiary/aromatic N) is 1. The largest absolute Gasteiger partial charge is 0.323 e. The number of anilines is 1. The summed E-state index contributed by atoms with van der Waals surface area (Å²) in [6.07, 6.45) is 1.22. The zero-order valence-electron chi connectivity index (χ0n) is 12.8. The van der Waals surface area contributed by atoms with E-state index in [1.807, 2.05) is 41.3 Å². The molecule has 0 fully saturated rings. The van der Waals surface area contributed by atoms with Gasteiger partial charge in [0, 0.05) is 11.7 Å². The van der Waals surface area contributed by atoms with E-state index >= 15 is 0 Å². The molecule has 5 nitrogen and oxygen atoms in total. The van der Waals surface area contributed by atoms with Gasteiger partial charge in [-0.05, 0) is 42.7 Å². The third-order valence-electron chi connectivity index (χ3n) is 4.41. The number of H-pyrrole nitrogens is 2. The number of benzene rings is 2. The van der Waals surface area contributed by atoms with Gasteiger partial charge in [0.1, 0.15) is 0 Å². The number of aromatic amines is 2. The number of amides is 1. The minimum Gasteiger partial charge on any atom is -0.309 e. The Morgan fingerprint density at radius 1 is 1.17 bits per heavy atom. The predicted octanol–water partition coefficient (Wildman–Crippen LogP) is 2.38. The molecule has 1 amide bonds. The second kappa shape index (κ2) is 5.12. The molecule has 1 aliphatic rings. The van der Waals surface area contributed by atoms with Crippen LogP contribution in [-0.4, -0.2) is 21.9 Å². The van der Waals surface area contributed by atoms with Crippen LogP contribution in [0.15, 0.2) is 47.3 Å². The smallest absolute Gasteiger partial charge is 0.309 e. The summed E-state index contributed by atoms with van der Waals surface area (Å²) in [5.41, 5.74) is 4.39. The van der Waals surface area contributed by atoms with Crippen LogP contribution >= 0.6 is 0 Å². The molecule has 4 rings (SSSR count). The normalized spacial score (nSPS) is 16.7. The molecule has 5 heteroatoms. The highest BCUT2D eigenvalue weighted by molar-refractivity contribution is 5.97. The molecular formula is C18H17N3O2. The number of nitrogens with one attached hydrogen (secondary N) is 2. The lowest BCUT2D eigenvalue weighted by atomic mass is 10.1. The Balaban J connectivity index is 1.63. The molecule has 116 valence electrons. The molecule has 1 aliphatic heterocycles. The highest BCUT2D eigenvalue weighted by atomic mass is 16.2. The third kappa shape index (κ3) is 2.34. The second-order valence-electron chi connectivity index (χ2n) is 6.08. The third-order valence-corrected chi connectivity index (χ3v) is 4.41. The van der Waals surface area contributed by atoms with Crippen LogP contribution in [0.1, 0.15) is 18.1 Å². The summed E-state index contributed by atoms with van der Waals surface area (Å²) in [5.74, 6) is 0.0830. The van der Waals surface area contributed by atoms with Crippen LogP contribution in [0, 0.1) is 0 Å². The predicted molar refractivity (Wildman–Crippen MR) is 89.7 cm³/mol. The average molecular weight is 307 g/mol. The second-order valence-corrected chi connectivity index (χ2v) is 6.08. The van der Waals surface area contributed by atoms with E-state index in [4.69, 9.17) is 0 Å². The van der Waals surface area contributed by atoms with E-state index in [0.29, 0.717) is 6.42 Å². The summed E-state index contributed by atoms with van der Waals surface area (Å²) in [6, 6.07) is 13.8. The van der Waals surface area contributed by atoms with Gasteiger partial charge in [-0.25, -0.2) is 4.79 Å². The fourth-order valence-corrected chi connectivity index (χ4v) is 3.40. The number of hydrogen-bond acceptors (Lipinski definition) is 2. The first-order chi connectivity index (χ1) is 11.1. The van der Waals surface area contributed by atoms with E-state index in [2.05, 4.69) is 23.0 Å². The highest BCUT2D eigenvalue weighted by Crippen LogP contribution is 2.32. The van der Waals surface area contributed by atoms with Crippen LogP contribution < -0.4 is 10.6 Å². The summed E-state index contributed by atoms with van der Waals surface area (Å²) in [6.45, 7) is 2.07. The minimum atomic E-state index is -0.231. The van der Waals surface area contributed by atoms with Crippen molar-refractivity contribution < 1.29 is 4.79 Å². The molecule has 1 unspecified atom stereocenters. The number of hydrogen-bond donors (Lipinski definition) is 2. The quantitative estimate of drug-likeness (QED) is 0.763. The van der Waals surface area contributed by atoms with Crippen LogP contribution in [0.4, 0.5) is 5.69 Å². The topological polar surface area (TPSA) is 69.0 Å². The zero-order valence-corrected chi connectivity index (χ0v) is 12.8. The first-order valence-electron chi connectivity index (χ1n) is 7.73. The summed E-state index contributed by atoms with van der Waals surface area (Å²) < 4.78 is 0. The maximum atomic E-state index is 12.8. The van der Waals surface area contributed by atoms with Gasteiger partial charge in [-0.2, -0.15) is 0 Å². The van der Waals surface area contributed by atoms with Gasteiger partial charge >= 0.3 is 5.69 Å². The number of para-hydroxylation sites is 1. The van der Waals surface area contributed by atoms with E-state index < -0.39 is 0 Å². The molecule has 2 aromatic carbocycles. The SMILES string of the molecule is CC1Cc2ccccc2N1C(=O)Cc1ccc2[nH]c(=O)[nH]c2c1. The van der Waals surface area contributed by atoms with E-state index in [1.54, 1.807) is 0 Å². The van der Waals surface area contributed by atoms with Crippen molar-refractivity contribution in [1.82, 2.24) is 9.97 Å². The zero-order chi connectivity index (χ0) is 16.0. The van der Waals surface area contributed by atoms with Gasteiger partial charge in [0.05, 0.1) is 17.5 Å². The van der Waals surface area contributed by atoms with Crippen LogP contribution in [0.25, 0.3) is 11.0 Å². The van der Waals surface area contributed by atoms with Crippen LogP contribution in [0.3, 0.4) is 0 Å². The van der Waals surface area contributed by atoms with Crippen molar-refractivity contribution in [1.29, 1.82) is 0 Å². The summed E-state index contributed by atoms with van der Waals surface area (Å²) in [4.78, 5) is 31.4. The van der Waals surface area contributed by atoms with Gasteiger partial charge in [0.15, 0.2) is 0 Å². The van der Waals surface area contributed by atoms with E-state index in [-0.39, 0.29) is 17.6 Å². The monoisotopic (exact) mass is 307 g/mol. The maximum absolute atomic E-state index is 12.8. The Bertz CT molecular complexity index is 954. The van der Waals surface area contributed by atoms with Crippen molar-refractivity contribution in [3.05, 3.63) is 64.1 Å². The molecule has 2 N–H and O–H groups in total. The highest BCUT2D eigenvalue weighted by Gasteiger charge is 2.30. The van der Waals surface area contributed by atoms with Crippen LogP contribution in [0.2, 0.25) is 0 Å². The van der Waals surface area contributed by atoms with Crippen molar-refractivity contribution in [2.45, 2.75) is 25.8 Å². The first-order valence-corrected chi connectivity index (χ1v) is 7.73. The van der Waals surface area contributed by atoms with Crippen molar-refractivity contribution >= 4 is 22.6 Å². The number of aromatic nitrogens is 2. The molecule has 3 aromatic rings. The molecule has 0 spiro atoms. The lowest BCUT2D eigenvalue weighted by molar-refractivity contribution is -0.118. The Morgan fingerprint density at radius 2 is 1.96 bits per heavy atom. The fourth-order valence-electron chi connectivity index (χ4n) is 3.40. The molecule has 0 bridgehead atoms. The van der Waals surface area contributed by atoms with Gasteiger partial charge in [0.2, 0.25) is 5.91 Å². The summed E-state index contributed by atoms with van der Waals surface area (Å²) >= 11 is 0. The van der Waals surface area contributed by atoms with E-state index in [1.165, 1.54) is 5.56 Å². The molecule has 0 saturated carbocycles. The first kappa shape index (κ1) is 13.8. The molecule has 0 saturated heterocycles. The number of fused-ring (bicyclic) bond motifs is 2. The molecular weight excluding hydrogens is 290 g/mol. The Kier molecular flexibility index (Phi) is 3.08. The Hall–Kier alpha value is -2.82. The minimum absolute atomic E-state index is 0.0830. The average Bonchev–Trinajstić information content (AvgIpc) is 3.04. The lowest BCUT2D eigenvalue weighted by Crippen LogP contribution is -2.36. The van der Waals surface area contributed by atoms with Crippen molar-refractivity contribution in [2.75, 3.05) is 4.90 Å². The van der Waals surface area contributed by atoms with Crippen molar-refractivity contribution in [3.63, 3.8) is 0 Å². The van der Waals surface area contributed by atoms with Crippen molar-refractivity contribution in [3.8, 4) is 0 Å². The van der Waals surface area contributed by atoms with Crippen molar-refractivity contribution in [2.24, 2.45) is 0 Å². The van der Waals surface area contributed by atoms with Crippen LogP contribution in [0.5, 0.6) is 0 Å². The molecule has 1 atom stereocenters. The van der Waals surface area contributed by atoms with Gasteiger partial charge in [-0.1, -0.05) is 24.3 Å². The number of imidazole rings is 1. The Labute approximate surface area is 133 Å². The molecule has 1 aromatic heterocycles. The number of rotatable bonds is 2. The van der Waals surface area contributed by atoms with Gasteiger partial charge in [0.25, 0.3) is 0 Å². The lowest BCUT2D eigenvalue weighted by Gasteiger charge is -2.22. The summed E-state index contributed by atoms with van der Waals surface area (Å²) in [5, 5.41) is 0. The molecule has 23 heavy (non-hydrogen) atoms. The van der Waals surface area contributed by atoms with E-state index in [0.717, 1.165) is 28.7 Å².